The molecular weight excluding hydrogens is 546 g/mol. The van der Waals surface area contributed by atoms with Gasteiger partial charge in [-0.3, -0.25) is 9.59 Å². The number of aliphatic hydroxyl groups is 6. The molecule has 2 amide bonds. The van der Waals surface area contributed by atoms with Crippen LogP contribution >= 0.6 is 11.8 Å². The Labute approximate surface area is 238 Å². The van der Waals surface area contributed by atoms with Crippen molar-refractivity contribution in [2.24, 2.45) is 0 Å². The van der Waals surface area contributed by atoms with Crippen LogP contribution < -0.4 is 10.6 Å². The van der Waals surface area contributed by atoms with Crippen LogP contribution in [0.3, 0.4) is 0 Å². The van der Waals surface area contributed by atoms with Gasteiger partial charge in [0.05, 0.1) is 25.5 Å². The van der Waals surface area contributed by atoms with Gasteiger partial charge in [-0.25, -0.2) is 4.68 Å². The van der Waals surface area contributed by atoms with Gasteiger partial charge in [-0.2, -0.15) is 11.8 Å². The van der Waals surface area contributed by atoms with Gasteiger partial charge in [0.2, 0.25) is 11.8 Å². The molecule has 1 aliphatic heterocycles. The van der Waals surface area contributed by atoms with Crippen LogP contribution in [0.5, 0.6) is 0 Å². The smallest absolute Gasteiger partial charge is 0.249 e. The maximum atomic E-state index is 13.0. The van der Waals surface area contributed by atoms with E-state index in [4.69, 9.17) is 9.84 Å². The van der Waals surface area contributed by atoms with Crippen molar-refractivity contribution in [1.29, 1.82) is 0 Å². The van der Waals surface area contributed by atoms with Crippen molar-refractivity contribution < 1.29 is 45.0 Å². The third-order valence-corrected chi connectivity index (χ3v) is 7.79. The lowest BCUT2D eigenvalue weighted by atomic mass is 9.98. The summed E-state index contributed by atoms with van der Waals surface area (Å²) in [5, 5.41) is 71.2. The molecule has 1 aromatic rings. The lowest BCUT2D eigenvalue weighted by Crippen LogP contribution is -2.56. The van der Waals surface area contributed by atoms with E-state index < -0.39 is 61.9 Å². The summed E-state index contributed by atoms with van der Waals surface area (Å²) in [7, 11) is 0. The van der Waals surface area contributed by atoms with Crippen LogP contribution in [0.2, 0.25) is 0 Å². The number of thioether (sulfide) groups is 1. The molecule has 7 atom stereocenters. The highest BCUT2D eigenvalue weighted by atomic mass is 32.2. The van der Waals surface area contributed by atoms with Gasteiger partial charge in [-0.1, -0.05) is 57.1 Å². The van der Waals surface area contributed by atoms with Crippen LogP contribution in [-0.2, 0) is 14.3 Å². The molecule has 0 radical (unpaired) electrons. The molecule has 1 fully saturated rings. The number of hydrogen-bond donors (Lipinski definition) is 8. The summed E-state index contributed by atoms with van der Waals surface area (Å²) in [5.74, 6) is -0.589. The Hall–Kier alpha value is -1.85. The largest absolute Gasteiger partial charge is 0.394 e. The number of nitrogens with one attached hydrogen (secondary N) is 2. The lowest BCUT2D eigenvalue weighted by molar-refractivity contribution is -0.254. The second-order valence-electron chi connectivity index (χ2n) is 10.0. The van der Waals surface area contributed by atoms with Crippen LogP contribution in [0.25, 0.3) is 0 Å². The highest BCUT2D eigenvalue weighted by Crippen LogP contribution is 2.28. The summed E-state index contributed by atoms with van der Waals surface area (Å²) >= 11 is 1.19. The molecule has 14 nitrogen and oxygen atoms in total. The third-order valence-electron chi connectivity index (χ3n) is 6.60. The molecule has 15 heteroatoms. The van der Waals surface area contributed by atoms with E-state index in [-0.39, 0.29) is 29.7 Å². The lowest BCUT2D eigenvalue weighted by Gasteiger charge is -2.39. The molecule has 0 aromatic carbocycles. The van der Waals surface area contributed by atoms with Crippen molar-refractivity contribution in [2.45, 2.75) is 108 Å². The zero-order valence-electron chi connectivity index (χ0n) is 23.0. The van der Waals surface area contributed by atoms with E-state index in [1.54, 1.807) is 0 Å². The predicted octanol–water partition coefficient (Wildman–Crippen LogP) is -0.709. The highest BCUT2D eigenvalue weighted by Gasteiger charge is 2.44. The number of rotatable bonds is 19. The fourth-order valence-corrected chi connectivity index (χ4v) is 5.20. The van der Waals surface area contributed by atoms with E-state index in [9.17, 15) is 35.1 Å². The van der Waals surface area contributed by atoms with E-state index in [1.807, 2.05) is 0 Å². The number of unbranched alkanes of at least 4 members (excludes halogenated alkanes) is 7. The zero-order valence-corrected chi connectivity index (χ0v) is 23.8. The second kappa shape index (κ2) is 18.6. The average molecular weight is 592 g/mol. The van der Waals surface area contributed by atoms with Crippen LogP contribution in [0.15, 0.2) is 6.20 Å². The van der Waals surface area contributed by atoms with E-state index in [0.717, 1.165) is 23.9 Å². The van der Waals surface area contributed by atoms with Crippen molar-refractivity contribution in [3.8, 4) is 0 Å². The van der Waals surface area contributed by atoms with Crippen LogP contribution in [0, 0.1) is 0 Å². The summed E-state index contributed by atoms with van der Waals surface area (Å²) in [6.07, 6.45) is 2.10. The van der Waals surface area contributed by atoms with Gasteiger partial charge >= 0.3 is 0 Å². The first-order valence-corrected chi connectivity index (χ1v) is 15.1. The summed E-state index contributed by atoms with van der Waals surface area (Å²) in [5.41, 5.74) is 0. The number of carbonyl (C=O) groups is 2. The SMILES string of the molecule is CCCCCCCCCCC(=O)N[C@H](CSC[C@H](O)CO)C(=O)Nc1cn([C@H]2OC(CO)C(O)C(O)C2O)nn1. The number of aromatic nitrogens is 3. The molecule has 0 spiro atoms. The molecule has 2 rings (SSSR count). The minimum atomic E-state index is -1.61. The molecule has 0 saturated carbocycles. The summed E-state index contributed by atoms with van der Waals surface area (Å²) in [4.78, 5) is 25.6. The topological polar surface area (TPSA) is 220 Å². The first-order chi connectivity index (χ1) is 19.2. The van der Waals surface area contributed by atoms with Crippen LogP contribution in [0.4, 0.5) is 5.82 Å². The number of aliphatic hydroxyl groups excluding tert-OH is 6. The molecule has 4 unspecified atom stereocenters. The fraction of sp³-hybridized carbons (Fsp3) is 0.840. The molecule has 1 aromatic heterocycles. The number of hydrogen-bond acceptors (Lipinski definition) is 12. The normalized spacial score (nSPS) is 24.4. The zero-order chi connectivity index (χ0) is 29.5. The van der Waals surface area contributed by atoms with E-state index in [2.05, 4.69) is 27.9 Å². The van der Waals surface area contributed by atoms with Gasteiger partial charge < -0.3 is 46.0 Å². The second-order valence-corrected chi connectivity index (χ2v) is 11.1. The Balaban J connectivity index is 1.93. The molecule has 8 N–H and O–H groups in total. The van der Waals surface area contributed by atoms with Crippen molar-refractivity contribution in [2.75, 3.05) is 30.0 Å². The van der Waals surface area contributed by atoms with Gasteiger partial charge in [0.15, 0.2) is 12.0 Å². The fourth-order valence-electron chi connectivity index (χ4n) is 4.22. The van der Waals surface area contributed by atoms with Gasteiger partial charge in [-0.05, 0) is 6.42 Å². The van der Waals surface area contributed by atoms with Crippen molar-refractivity contribution in [3.63, 3.8) is 0 Å². The number of anilines is 1. The number of amides is 2. The Morgan fingerprint density at radius 3 is 2.35 bits per heavy atom. The summed E-state index contributed by atoms with van der Waals surface area (Å²) in [6.45, 7) is 1.14. The molecule has 1 aliphatic rings. The summed E-state index contributed by atoms with van der Waals surface area (Å²) < 4.78 is 6.48. The molecule has 1 saturated heterocycles. The number of carbonyl (C=O) groups excluding carboxylic acids is 2. The monoisotopic (exact) mass is 591 g/mol. The van der Waals surface area contributed by atoms with Crippen molar-refractivity contribution >= 4 is 29.4 Å². The standard InChI is InChI=1S/C25H45N5O9S/c1-2-3-4-5-6-7-8-9-10-20(34)26-17(15-40-14-16(33)12-31)24(38)27-19-11-30(29-28-19)25-23(37)22(36)21(35)18(13-32)39-25/h11,16-18,21-23,25,31-33,35-37H,2-10,12-15H2,1H3,(H,26,34)(H,27,38)/t16-,17-,18?,21?,22?,23?,25+/m1/s1. The molecule has 40 heavy (non-hydrogen) atoms. The Kier molecular flexibility index (Phi) is 15.9. The van der Waals surface area contributed by atoms with Gasteiger partial charge in [-0.15, -0.1) is 5.10 Å². The number of nitrogens with zero attached hydrogens (tertiary/aromatic N) is 3. The first kappa shape index (κ1) is 34.4. The summed E-state index contributed by atoms with van der Waals surface area (Å²) in [6, 6.07) is -0.963. The van der Waals surface area contributed by atoms with Crippen LogP contribution in [0.1, 0.15) is 70.9 Å². The van der Waals surface area contributed by atoms with E-state index in [0.29, 0.717) is 6.42 Å². The Morgan fingerprint density at radius 1 is 1.02 bits per heavy atom. The quantitative estimate of drug-likeness (QED) is 0.0936. The maximum absolute atomic E-state index is 13.0. The Morgan fingerprint density at radius 2 is 1.70 bits per heavy atom. The maximum Gasteiger partial charge on any atom is 0.249 e. The van der Waals surface area contributed by atoms with Crippen LogP contribution in [-0.4, -0.2) is 119 Å². The third kappa shape index (κ3) is 11.2. The molecule has 230 valence electrons. The molecular formula is C25H45N5O9S. The predicted molar refractivity (Wildman–Crippen MR) is 147 cm³/mol. The first-order valence-electron chi connectivity index (χ1n) is 13.9. The van der Waals surface area contributed by atoms with Crippen molar-refractivity contribution in [3.05, 3.63) is 6.20 Å². The minimum Gasteiger partial charge on any atom is -0.394 e. The Bertz CT molecular complexity index is 877. The molecule has 2 heterocycles. The van der Waals surface area contributed by atoms with Gasteiger partial charge in [0.25, 0.3) is 0 Å². The van der Waals surface area contributed by atoms with Crippen molar-refractivity contribution in [1.82, 2.24) is 20.3 Å². The average Bonchev–Trinajstić information content (AvgIpc) is 3.40. The highest BCUT2D eigenvalue weighted by molar-refractivity contribution is 7.99. The minimum absolute atomic E-state index is 0.0234. The van der Waals surface area contributed by atoms with Gasteiger partial charge in [0.1, 0.15) is 30.5 Å². The van der Waals surface area contributed by atoms with E-state index >= 15 is 0 Å². The molecule has 0 bridgehead atoms. The number of ether oxygens (including phenoxy) is 1. The van der Waals surface area contributed by atoms with E-state index in [1.165, 1.54) is 43.6 Å². The van der Waals surface area contributed by atoms with Gasteiger partial charge in [0, 0.05) is 17.9 Å². The molecule has 0 aliphatic carbocycles.